The van der Waals surface area contributed by atoms with E-state index >= 15 is 0 Å². The predicted molar refractivity (Wildman–Crippen MR) is 109 cm³/mol. The zero-order valence-corrected chi connectivity index (χ0v) is 16.8. The van der Waals surface area contributed by atoms with E-state index in [1.807, 2.05) is 0 Å². The van der Waals surface area contributed by atoms with Gasteiger partial charge in [0.25, 0.3) is 5.91 Å². The van der Waals surface area contributed by atoms with Gasteiger partial charge >= 0.3 is 12.1 Å². The maximum absolute atomic E-state index is 12.6. The van der Waals surface area contributed by atoms with E-state index in [-0.39, 0.29) is 16.3 Å². The van der Waals surface area contributed by atoms with Crippen LogP contribution in [0.3, 0.4) is 0 Å². The first-order chi connectivity index (χ1) is 14.6. The molecule has 0 atom stereocenters. The van der Waals surface area contributed by atoms with Crippen LogP contribution in [0.5, 0.6) is 17.2 Å². The number of hydrogen-bond acceptors (Lipinski definition) is 4. The van der Waals surface area contributed by atoms with Gasteiger partial charge in [-0.05, 0) is 60.7 Å². The number of carbonyl (C=O) groups is 2. The molecule has 0 unspecified atom stereocenters. The second kappa shape index (κ2) is 9.09. The lowest BCUT2D eigenvalue weighted by Crippen LogP contribution is -2.12. The lowest BCUT2D eigenvalue weighted by molar-refractivity contribution is -0.137. The molecule has 0 aliphatic carbocycles. The number of nitrogens with one attached hydrogen (secondary N) is 1. The van der Waals surface area contributed by atoms with Crippen LogP contribution in [0.1, 0.15) is 22.8 Å². The number of benzene rings is 3. The molecule has 31 heavy (non-hydrogen) atoms. The Kier molecular flexibility index (Phi) is 6.50. The summed E-state index contributed by atoms with van der Waals surface area (Å²) >= 11 is 6.13. The normalized spacial score (nSPS) is 11.0. The highest BCUT2D eigenvalue weighted by molar-refractivity contribution is 6.32. The molecular formula is C22H15ClF3NO4. The molecule has 1 N–H and O–H groups in total. The van der Waals surface area contributed by atoms with E-state index in [1.54, 1.807) is 30.3 Å². The van der Waals surface area contributed by atoms with E-state index in [0.717, 1.165) is 24.3 Å². The fourth-order valence-electron chi connectivity index (χ4n) is 2.54. The zero-order chi connectivity index (χ0) is 22.6. The highest BCUT2D eigenvalue weighted by Gasteiger charge is 2.30. The predicted octanol–water partition coefficient (Wildman–Crippen LogP) is 6.33. The average Bonchev–Trinajstić information content (AvgIpc) is 2.70. The van der Waals surface area contributed by atoms with Gasteiger partial charge in [-0.1, -0.05) is 11.6 Å². The van der Waals surface area contributed by atoms with Crippen molar-refractivity contribution in [3.63, 3.8) is 0 Å². The van der Waals surface area contributed by atoms with Gasteiger partial charge in [-0.25, -0.2) is 0 Å². The third-order valence-corrected chi connectivity index (χ3v) is 4.27. The summed E-state index contributed by atoms with van der Waals surface area (Å²) in [5, 5.41) is 2.83. The molecule has 3 aromatic rings. The topological polar surface area (TPSA) is 64.6 Å². The molecule has 160 valence electrons. The van der Waals surface area contributed by atoms with E-state index < -0.39 is 23.6 Å². The number of esters is 1. The van der Waals surface area contributed by atoms with Crippen molar-refractivity contribution in [2.75, 3.05) is 5.32 Å². The largest absolute Gasteiger partial charge is 0.456 e. The van der Waals surface area contributed by atoms with Crippen LogP contribution in [-0.2, 0) is 11.0 Å². The maximum atomic E-state index is 12.6. The minimum Gasteiger partial charge on any atom is -0.456 e. The van der Waals surface area contributed by atoms with E-state index in [4.69, 9.17) is 21.1 Å². The molecule has 0 spiro atoms. The van der Waals surface area contributed by atoms with Crippen molar-refractivity contribution in [3.05, 3.63) is 82.9 Å². The molecule has 0 aliphatic rings. The van der Waals surface area contributed by atoms with E-state index in [1.165, 1.54) is 19.1 Å². The van der Waals surface area contributed by atoms with Crippen molar-refractivity contribution < 1.29 is 32.2 Å². The molecule has 0 fully saturated rings. The molecule has 1 amide bonds. The molecule has 0 bridgehead atoms. The first-order valence-electron chi connectivity index (χ1n) is 8.86. The summed E-state index contributed by atoms with van der Waals surface area (Å²) in [5.74, 6) is 0.0186. The summed E-state index contributed by atoms with van der Waals surface area (Å²) in [5.41, 5.74) is -0.313. The Morgan fingerprint density at radius 3 is 2.06 bits per heavy atom. The average molecular weight is 450 g/mol. The van der Waals surface area contributed by atoms with Crippen molar-refractivity contribution in [2.45, 2.75) is 13.1 Å². The highest BCUT2D eigenvalue weighted by Crippen LogP contribution is 2.33. The van der Waals surface area contributed by atoms with E-state index in [9.17, 15) is 22.8 Å². The lowest BCUT2D eigenvalue weighted by Gasteiger charge is -2.11. The molecule has 3 aromatic carbocycles. The van der Waals surface area contributed by atoms with Gasteiger partial charge in [0.05, 0.1) is 10.6 Å². The third kappa shape index (κ3) is 5.99. The first-order valence-corrected chi connectivity index (χ1v) is 9.24. The van der Waals surface area contributed by atoms with Crippen LogP contribution in [0.4, 0.5) is 18.9 Å². The molecular weight excluding hydrogens is 435 g/mol. The Morgan fingerprint density at radius 2 is 1.52 bits per heavy atom. The van der Waals surface area contributed by atoms with Gasteiger partial charge < -0.3 is 14.8 Å². The SMILES string of the molecule is CC(=O)Oc1ccc(Oc2ccc(NC(=O)c3ccc(C(F)(F)F)cc3)cc2)c(Cl)c1. The molecule has 0 aliphatic heterocycles. The number of ether oxygens (including phenoxy) is 2. The molecule has 0 aromatic heterocycles. The van der Waals surface area contributed by atoms with Crippen molar-refractivity contribution in [1.29, 1.82) is 0 Å². The summed E-state index contributed by atoms with van der Waals surface area (Å²) in [6.45, 7) is 1.27. The highest BCUT2D eigenvalue weighted by atomic mass is 35.5. The Balaban J connectivity index is 1.64. The monoisotopic (exact) mass is 449 g/mol. The van der Waals surface area contributed by atoms with Crippen LogP contribution in [-0.4, -0.2) is 11.9 Å². The second-order valence-electron chi connectivity index (χ2n) is 6.34. The molecule has 3 rings (SSSR count). The number of hydrogen-bond donors (Lipinski definition) is 1. The number of halogens is 4. The molecule has 5 nitrogen and oxygen atoms in total. The molecule has 0 saturated carbocycles. The van der Waals surface area contributed by atoms with Gasteiger partial charge in [-0.3, -0.25) is 9.59 Å². The molecule has 9 heteroatoms. The number of amides is 1. The molecule has 0 saturated heterocycles. The van der Waals surface area contributed by atoms with Gasteiger partial charge in [-0.2, -0.15) is 13.2 Å². The van der Waals surface area contributed by atoms with Gasteiger partial charge in [-0.15, -0.1) is 0 Å². The summed E-state index contributed by atoms with van der Waals surface area (Å²) in [4.78, 5) is 23.2. The number of alkyl halides is 3. The Bertz CT molecular complexity index is 1100. The Hall–Kier alpha value is -3.52. The number of rotatable bonds is 5. The van der Waals surface area contributed by atoms with E-state index in [2.05, 4.69) is 5.32 Å². The minimum absolute atomic E-state index is 0.0907. The van der Waals surface area contributed by atoms with Crippen molar-refractivity contribution in [1.82, 2.24) is 0 Å². The van der Waals surface area contributed by atoms with Crippen molar-refractivity contribution in [2.24, 2.45) is 0 Å². The molecule has 0 radical (unpaired) electrons. The number of carbonyl (C=O) groups excluding carboxylic acids is 2. The Morgan fingerprint density at radius 1 is 0.903 bits per heavy atom. The maximum Gasteiger partial charge on any atom is 0.416 e. The van der Waals surface area contributed by atoms with E-state index in [0.29, 0.717) is 17.2 Å². The second-order valence-corrected chi connectivity index (χ2v) is 6.75. The van der Waals surface area contributed by atoms with Crippen molar-refractivity contribution in [3.8, 4) is 17.2 Å². The van der Waals surface area contributed by atoms with Crippen LogP contribution in [0.25, 0.3) is 0 Å². The summed E-state index contributed by atoms with van der Waals surface area (Å²) < 4.78 is 48.5. The van der Waals surface area contributed by atoms with Crippen LogP contribution in [0.2, 0.25) is 5.02 Å². The van der Waals surface area contributed by atoms with Gasteiger partial charge in [0, 0.05) is 24.2 Å². The van der Waals surface area contributed by atoms with Crippen LogP contribution in [0, 0.1) is 0 Å². The summed E-state index contributed by atoms with van der Waals surface area (Å²) in [7, 11) is 0. The number of anilines is 1. The van der Waals surface area contributed by atoms with Crippen LogP contribution >= 0.6 is 11.6 Å². The van der Waals surface area contributed by atoms with Crippen molar-refractivity contribution >= 4 is 29.2 Å². The fraction of sp³-hybridized carbons (Fsp3) is 0.0909. The smallest absolute Gasteiger partial charge is 0.416 e. The Labute approximate surface area is 180 Å². The quantitative estimate of drug-likeness (QED) is 0.365. The fourth-order valence-corrected chi connectivity index (χ4v) is 2.75. The van der Waals surface area contributed by atoms with Gasteiger partial charge in [0.2, 0.25) is 0 Å². The van der Waals surface area contributed by atoms with Crippen LogP contribution in [0.15, 0.2) is 66.7 Å². The lowest BCUT2D eigenvalue weighted by atomic mass is 10.1. The zero-order valence-electron chi connectivity index (χ0n) is 16.0. The van der Waals surface area contributed by atoms with Gasteiger partial charge in [0.15, 0.2) is 0 Å². The first kappa shape index (κ1) is 22.2. The standard InChI is InChI=1S/C22H15ClF3NO4/c1-13(28)30-18-10-11-20(19(23)12-18)31-17-8-6-16(7-9-17)27-21(29)14-2-4-15(5-3-14)22(24,25)26/h2-12H,1H3,(H,27,29). The summed E-state index contributed by atoms with van der Waals surface area (Å²) in [6, 6.07) is 14.7. The molecule has 0 heterocycles. The van der Waals surface area contributed by atoms with Crippen LogP contribution < -0.4 is 14.8 Å². The minimum atomic E-state index is -4.46. The summed E-state index contributed by atoms with van der Waals surface area (Å²) in [6.07, 6.45) is -4.46. The third-order valence-electron chi connectivity index (χ3n) is 3.98. The van der Waals surface area contributed by atoms with Gasteiger partial charge in [0.1, 0.15) is 17.2 Å².